The smallest absolute Gasteiger partial charge is 0.248 e. The van der Waals surface area contributed by atoms with E-state index in [2.05, 4.69) is 32.6 Å². The maximum Gasteiger partial charge on any atom is 0.248 e. The largest absolute Gasteiger partial charge is 0.372 e. The summed E-state index contributed by atoms with van der Waals surface area (Å²) in [5.41, 5.74) is 0. The summed E-state index contributed by atoms with van der Waals surface area (Å²) in [6.07, 6.45) is 5.66. The van der Waals surface area contributed by atoms with Gasteiger partial charge in [-0.1, -0.05) is 34.1 Å². The van der Waals surface area contributed by atoms with Crippen LogP contribution in [-0.2, 0) is 9.53 Å². The van der Waals surface area contributed by atoms with E-state index in [1.807, 2.05) is 0 Å². The first-order chi connectivity index (χ1) is 9.06. The minimum absolute atomic E-state index is 0.184. The molecule has 0 N–H and O–H groups in total. The number of carbonyl (C=O) groups excluding carboxylic acids is 1. The van der Waals surface area contributed by atoms with Gasteiger partial charge in [-0.3, -0.25) is 4.79 Å². The molecule has 0 saturated carbocycles. The van der Waals surface area contributed by atoms with Gasteiger partial charge in [-0.05, 0) is 37.5 Å². The van der Waals surface area contributed by atoms with Gasteiger partial charge in [0.15, 0.2) is 0 Å². The van der Waals surface area contributed by atoms with E-state index in [0.717, 1.165) is 38.1 Å². The molecule has 1 saturated heterocycles. The number of carbonyl (C=O) groups is 1. The highest BCUT2D eigenvalue weighted by Gasteiger charge is 2.29. The molecule has 0 aromatic rings. The second kappa shape index (κ2) is 8.57. The number of nitrogens with zero attached hydrogens (tertiary/aromatic N) is 1. The van der Waals surface area contributed by atoms with Crippen LogP contribution < -0.4 is 0 Å². The van der Waals surface area contributed by atoms with E-state index < -0.39 is 0 Å². The van der Waals surface area contributed by atoms with Crippen molar-refractivity contribution in [2.24, 2.45) is 11.8 Å². The van der Waals surface area contributed by atoms with Gasteiger partial charge in [-0.15, -0.1) is 0 Å². The molecular weight excluding hydrogens is 238 g/mol. The normalized spacial score (nSPS) is 24.6. The molecule has 1 aliphatic rings. The summed E-state index contributed by atoms with van der Waals surface area (Å²) < 4.78 is 5.49. The number of hydrogen-bond donors (Lipinski definition) is 0. The molecule has 2 atom stereocenters. The maximum atomic E-state index is 12.3. The number of amides is 1. The van der Waals surface area contributed by atoms with Gasteiger partial charge in [0, 0.05) is 19.2 Å². The Kier molecular flexibility index (Phi) is 7.44. The molecule has 1 amide bonds. The minimum atomic E-state index is 0.184. The molecule has 112 valence electrons. The van der Waals surface area contributed by atoms with Crippen molar-refractivity contribution in [3.63, 3.8) is 0 Å². The van der Waals surface area contributed by atoms with Crippen molar-refractivity contribution < 1.29 is 9.53 Å². The Balaban J connectivity index is 2.51. The molecule has 0 aliphatic carbocycles. The molecule has 1 aliphatic heterocycles. The van der Waals surface area contributed by atoms with Crippen LogP contribution in [0, 0.1) is 11.8 Å². The van der Waals surface area contributed by atoms with E-state index in [0.29, 0.717) is 18.6 Å². The lowest BCUT2D eigenvalue weighted by Gasteiger charge is -2.33. The molecule has 0 bridgehead atoms. The highest BCUT2D eigenvalue weighted by atomic mass is 16.5. The van der Waals surface area contributed by atoms with Crippen molar-refractivity contribution >= 4 is 5.91 Å². The van der Waals surface area contributed by atoms with Crippen molar-refractivity contribution in [2.45, 2.75) is 65.8 Å². The first kappa shape index (κ1) is 16.5. The van der Waals surface area contributed by atoms with E-state index in [1.165, 1.54) is 6.42 Å². The van der Waals surface area contributed by atoms with E-state index in [4.69, 9.17) is 4.74 Å². The molecule has 0 aromatic heterocycles. The predicted octanol–water partition coefficient (Wildman–Crippen LogP) is 3.48. The van der Waals surface area contributed by atoms with E-state index in [1.54, 1.807) is 0 Å². The van der Waals surface area contributed by atoms with Crippen LogP contribution >= 0.6 is 0 Å². The van der Waals surface area contributed by atoms with Crippen LogP contribution in [0.4, 0.5) is 0 Å². The van der Waals surface area contributed by atoms with Crippen molar-refractivity contribution in [3.05, 3.63) is 0 Å². The summed E-state index contributed by atoms with van der Waals surface area (Å²) >= 11 is 0. The fourth-order valence-corrected chi connectivity index (χ4v) is 2.77. The monoisotopic (exact) mass is 269 g/mol. The van der Waals surface area contributed by atoms with Crippen molar-refractivity contribution in [1.29, 1.82) is 0 Å². The zero-order valence-electron chi connectivity index (χ0n) is 13.2. The molecule has 1 heterocycles. The van der Waals surface area contributed by atoms with Gasteiger partial charge < -0.3 is 9.64 Å². The maximum absolute atomic E-state index is 12.3. The molecule has 3 nitrogen and oxygen atoms in total. The van der Waals surface area contributed by atoms with Crippen LogP contribution in [0.25, 0.3) is 0 Å². The fraction of sp³-hybridized carbons (Fsp3) is 0.938. The van der Waals surface area contributed by atoms with Gasteiger partial charge >= 0.3 is 0 Å². The summed E-state index contributed by atoms with van der Waals surface area (Å²) in [6, 6.07) is 0.396. The highest BCUT2D eigenvalue weighted by molar-refractivity contribution is 5.77. The van der Waals surface area contributed by atoms with Gasteiger partial charge in [0.25, 0.3) is 0 Å². The Hall–Kier alpha value is -0.570. The fourth-order valence-electron chi connectivity index (χ4n) is 2.77. The first-order valence-electron chi connectivity index (χ1n) is 7.93. The van der Waals surface area contributed by atoms with E-state index in [-0.39, 0.29) is 12.5 Å². The summed E-state index contributed by atoms with van der Waals surface area (Å²) in [6.45, 7) is 10.7. The molecule has 0 radical (unpaired) electrons. The number of likely N-dealkylation sites (tertiary alicyclic amines) is 1. The van der Waals surface area contributed by atoms with Crippen LogP contribution in [0.15, 0.2) is 0 Å². The molecule has 0 spiro atoms. The van der Waals surface area contributed by atoms with Crippen molar-refractivity contribution in [3.8, 4) is 0 Å². The zero-order valence-corrected chi connectivity index (χ0v) is 13.2. The average molecular weight is 269 g/mol. The standard InChI is InChI=1S/C16H31NO2/c1-5-6-11-19-12-16(18)17-10-9-14(4)7-8-15(17)13(2)3/h13-15H,5-12H2,1-4H3. The summed E-state index contributed by atoms with van der Waals surface area (Å²) in [5, 5.41) is 0. The quantitative estimate of drug-likeness (QED) is 0.691. The minimum Gasteiger partial charge on any atom is -0.372 e. The van der Waals surface area contributed by atoms with E-state index >= 15 is 0 Å². The Bertz CT molecular complexity index is 265. The molecule has 0 aromatic carbocycles. The van der Waals surface area contributed by atoms with Crippen LogP contribution in [0.3, 0.4) is 0 Å². The first-order valence-corrected chi connectivity index (χ1v) is 7.93. The predicted molar refractivity (Wildman–Crippen MR) is 79.1 cm³/mol. The average Bonchev–Trinajstić information content (AvgIpc) is 2.56. The molecule has 3 heteroatoms. The zero-order chi connectivity index (χ0) is 14.3. The summed E-state index contributed by atoms with van der Waals surface area (Å²) in [7, 11) is 0. The Morgan fingerprint density at radius 1 is 1.32 bits per heavy atom. The van der Waals surface area contributed by atoms with Crippen LogP contribution in [0.1, 0.15) is 59.8 Å². The summed E-state index contributed by atoms with van der Waals surface area (Å²) in [4.78, 5) is 14.4. The number of unbranched alkanes of at least 4 members (excludes halogenated alkanes) is 1. The second-order valence-electron chi connectivity index (χ2n) is 6.28. The lowest BCUT2D eigenvalue weighted by molar-refractivity contribution is -0.139. The van der Waals surface area contributed by atoms with Gasteiger partial charge in [-0.25, -0.2) is 0 Å². The van der Waals surface area contributed by atoms with Crippen LogP contribution in [0.5, 0.6) is 0 Å². The van der Waals surface area contributed by atoms with Crippen LogP contribution in [0.2, 0.25) is 0 Å². The van der Waals surface area contributed by atoms with Gasteiger partial charge in [0.2, 0.25) is 5.91 Å². The lowest BCUT2D eigenvalue weighted by atomic mass is 9.95. The molecule has 1 fully saturated rings. The Morgan fingerprint density at radius 2 is 2.05 bits per heavy atom. The molecular formula is C16H31NO2. The number of rotatable bonds is 6. The second-order valence-corrected chi connectivity index (χ2v) is 6.28. The Labute approximate surface area is 118 Å². The van der Waals surface area contributed by atoms with Gasteiger partial charge in [0.1, 0.15) is 6.61 Å². The van der Waals surface area contributed by atoms with Crippen molar-refractivity contribution in [1.82, 2.24) is 4.90 Å². The number of ether oxygens (including phenoxy) is 1. The Morgan fingerprint density at radius 3 is 2.68 bits per heavy atom. The van der Waals surface area contributed by atoms with E-state index in [9.17, 15) is 4.79 Å². The van der Waals surface area contributed by atoms with Gasteiger partial charge in [-0.2, -0.15) is 0 Å². The molecule has 19 heavy (non-hydrogen) atoms. The molecule has 2 unspecified atom stereocenters. The lowest BCUT2D eigenvalue weighted by Crippen LogP contribution is -2.44. The topological polar surface area (TPSA) is 29.5 Å². The highest BCUT2D eigenvalue weighted by Crippen LogP contribution is 2.25. The third-order valence-corrected chi connectivity index (χ3v) is 4.18. The van der Waals surface area contributed by atoms with Crippen molar-refractivity contribution in [2.75, 3.05) is 19.8 Å². The third kappa shape index (κ3) is 5.52. The molecule has 1 rings (SSSR count). The summed E-state index contributed by atoms with van der Waals surface area (Å²) in [5.74, 6) is 1.45. The third-order valence-electron chi connectivity index (χ3n) is 4.18. The van der Waals surface area contributed by atoms with Crippen LogP contribution in [-0.4, -0.2) is 36.6 Å². The van der Waals surface area contributed by atoms with Gasteiger partial charge in [0.05, 0.1) is 0 Å². The SMILES string of the molecule is CCCCOCC(=O)N1CCC(C)CCC1C(C)C. The number of hydrogen-bond acceptors (Lipinski definition) is 2.